The molecule has 0 unspecified atom stereocenters. The number of hydrogen-bond donors (Lipinski definition) is 0. The Hall–Kier alpha value is -2.71. The summed E-state index contributed by atoms with van der Waals surface area (Å²) in [4.78, 5) is 25.8. The fourth-order valence-corrected chi connectivity index (χ4v) is 4.80. The number of benzene rings is 1. The molecule has 27 heavy (non-hydrogen) atoms. The van der Waals surface area contributed by atoms with Crippen LogP contribution in [0, 0.1) is 0 Å². The molecule has 0 aliphatic carbocycles. The number of furan rings is 1. The van der Waals surface area contributed by atoms with Crippen molar-refractivity contribution in [1.82, 2.24) is 14.9 Å². The minimum atomic E-state index is -0.0684. The number of carbonyl (C=O) groups excluding carboxylic acids is 1. The van der Waals surface area contributed by atoms with E-state index < -0.39 is 0 Å². The lowest BCUT2D eigenvalue weighted by Crippen LogP contribution is -2.48. The van der Waals surface area contributed by atoms with Gasteiger partial charge in [-0.05, 0) is 24.3 Å². The van der Waals surface area contributed by atoms with Gasteiger partial charge in [-0.3, -0.25) is 4.79 Å². The highest BCUT2D eigenvalue weighted by atomic mass is 32.1. The maximum absolute atomic E-state index is 12.8. The van der Waals surface area contributed by atoms with Gasteiger partial charge in [-0.25, -0.2) is 9.97 Å². The second-order valence-corrected chi connectivity index (χ2v) is 8.15. The van der Waals surface area contributed by atoms with E-state index in [4.69, 9.17) is 4.42 Å². The molecule has 1 aromatic carbocycles. The molecule has 0 N–H and O–H groups in total. The summed E-state index contributed by atoms with van der Waals surface area (Å²) in [5.74, 6) is 0.939. The standard InChI is InChI=1S/C19H16N4O2S2/c24-18(22-8-10-23(11-9-22)19-20-7-12-26-19)15-6-5-14(25-15)17-21-13-3-1-2-4-16(13)27-17/h1-7,12H,8-11H2. The van der Waals surface area contributed by atoms with Gasteiger partial charge < -0.3 is 14.2 Å². The van der Waals surface area contributed by atoms with Gasteiger partial charge in [0.25, 0.3) is 5.91 Å². The second kappa shape index (κ2) is 6.79. The average molecular weight is 396 g/mol. The highest BCUT2D eigenvalue weighted by Gasteiger charge is 2.25. The lowest BCUT2D eigenvalue weighted by molar-refractivity contribution is 0.0715. The number of anilines is 1. The molecule has 0 radical (unpaired) electrons. The van der Waals surface area contributed by atoms with Crippen LogP contribution >= 0.6 is 22.7 Å². The summed E-state index contributed by atoms with van der Waals surface area (Å²) in [6.45, 7) is 2.89. The monoisotopic (exact) mass is 396 g/mol. The molecule has 0 bridgehead atoms. The summed E-state index contributed by atoms with van der Waals surface area (Å²) < 4.78 is 6.95. The van der Waals surface area contributed by atoms with Crippen LogP contribution in [0.1, 0.15) is 10.6 Å². The van der Waals surface area contributed by atoms with E-state index in [0.717, 1.165) is 33.4 Å². The van der Waals surface area contributed by atoms with Crippen LogP contribution in [0.3, 0.4) is 0 Å². The zero-order valence-corrected chi connectivity index (χ0v) is 16.0. The fourth-order valence-electron chi connectivity index (χ4n) is 3.17. The maximum Gasteiger partial charge on any atom is 0.289 e. The molecular formula is C19H16N4O2S2. The molecule has 0 saturated carbocycles. The summed E-state index contributed by atoms with van der Waals surface area (Å²) >= 11 is 3.19. The molecule has 1 saturated heterocycles. The molecular weight excluding hydrogens is 380 g/mol. The van der Waals surface area contributed by atoms with E-state index in [-0.39, 0.29) is 5.91 Å². The third kappa shape index (κ3) is 3.11. The summed E-state index contributed by atoms with van der Waals surface area (Å²) in [6, 6.07) is 11.6. The number of carbonyl (C=O) groups is 1. The smallest absolute Gasteiger partial charge is 0.289 e. The largest absolute Gasteiger partial charge is 0.448 e. The topological polar surface area (TPSA) is 62.5 Å². The predicted octanol–water partition coefficient (Wildman–Crippen LogP) is 3.98. The van der Waals surface area contributed by atoms with Crippen LogP contribution in [0.25, 0.3) is 21.0 Å². The van der Waals surface area contributed by atoms with Gasteiger partial charge in [0.15, 0.2) is 21.7 Å². The molecule has 4 aromatic rings. The third-order valence-electron chi connectivity index (χ3n) is 4.58. The lowest BCUT2D eigenvalue weighted by Gasteiger charge is -2.34. The van der Waals surface area contributed by atoms with Gasteiger partial charge in [-0.15, -0.1) is 22.7 Å². The number of para-hydroxylation sites is 1. The van der Waals surface area contributed by atoms with E-state index in [2.05, 4.69) is 14.9 Å². The summed E-state index contributed by atoms with van der Waals surface area (Å²) in [7, 11) is 0. The molecule has 6 nitrogen and oxygen atoms in total. The molecule has 1 aliphatic heterocycles. The van der Waals surface area contributed by atoms with Crippen molar-refractivity contribution >= 4 is 43.9 Å². The van der Waals surface area contributed by atoms with Crippen molar-refractivity contribution in [3.05, 3.63) is 53.7 Å². The molecule has 0 atom stereocenters. The number of hydrogen-bond acceptors (Lipinski definition) is 7. The fraction of sp³-hybridized carbons (Fsp3) is 0.211. The van der Waals surface area contributed by atoms with Gasteiger partial charge >= 0.3 is 0 Å². The Bertz CT molecular complexity index is 1050. The van der Waals surface area contributed by atoms with Crippen molar-refractivity contribution in [1.29, 1.82) is 0 Å². The Balaban J connectivity index is 1.30. The molecule has 1 aliphatic rings. The van der Waals surface area contributed by atoms with Gasteiger partial charge in [-0.1, -0.05) is 12.1 Å². The van der Waals surface area contributed by atoms with Crippen LogP contribution in [0.2, 0.25) is 0 Å². The Morgan fingerprint density at radius 2 is 1.93 bits per heavy atom. The van der Waals surface area contributed by atoms with Crippen molar-refractivity contribution in [3.63, 3.8) is 0 Å². The average Bonchev–Trinajstić information content (AvgIpc) is 3.47. The van der Waals surface area contributed by atoms with E-state index in [1.54, 1.807) is 28.7 Å². The molecule has 1 amide bonds. The van der Waals surface area contributed by atoms with Crippen LogP contribution in [0.15, 0.2) is 52.4 Å². The van der Waals surface area contributed by atoms with Gasteiger partial charge in [0, 0.05) is 37.8 Å². The Labute approximate surface area is 163 Å². The van der Waals surface area contributed by atoms with E-state index in [1.807, 2.05) is 46.8 Å². The predicted molar refractivity (Wildman–Crippen MR) is 108 cm³/mol. The van der Waals surface area contributed by atoms with Gasteiger partial charge in [0.05, 0.1) is 10.2 Å². The SMILES string of the molecule is O=C(c1ccc(-c2nc3ccccc3s2)o1)N1CCN(c2nccs2)CC1. The van der Waals surface area contributed by atoms with E-state index in [1.165, 1.54) is 0 Å². The van der Waals surface area contributed by atoms with Crippen molar-refractivity contribution < 1.29 is 9.21 Å². The van der Waals surface area contributed by atoms with Crippen LogP contribution in [0.5, 0.6) is 0 Å². The first-order valence-corrected chi connectivity index (χ1v) is 10.4. The highest BCUT2D eigenvalue weighted by molar-refractivity contribution is 7.21. The number of rotatable bonds is 3. The van der Waals surface area contributed by atoms with Crippen molar-refractivity contribution in [2.45, 2.75) is 0 Å². The number of piperazine rings is 1. The first-order chi connectivity index (χ1) is 13.3. The Kier molecular flexibility index (Phi) is 4.14. The Morgan fingerprint density at radius 3 is 2.70 bits per heavy atom. The maximum atomic E-state index is 12.8. The number of amides is 1. The van der Waals surface area contributed by atoms with Gasteiger partial charge in [0.2, 0.25) is 0 Å². The quantitative estimate of drug-likeness (QED) is 0.524. The number of aromatic nitrogens is 2. The molecule has 136 valence electrons. The molecule has 1 fully saturated rings. The first kappa shape index (κ1) is 16.5. The van der Waals surface area contributed by atoms with E-state index in [9.17, 15) is 4.79 Å². The minimum absolute atomic E-state index is 0.0684. The summed E-state index contributed by atoms with van der Waals surface area (Å²) in [5.41, 5.74) is 0.945. The van der Waals surface area contributed by atoms with Gasteiger partial charge in [0.1, 0.15) is 0 Å². The van der Waals surface area contributed by atoms with Crippen LogP contribution in [0.4, 0.5) is 5.13 Å². The molecule has 5 rings (SSSR count). The van der Waals surface area contributed by atoms with Crippen molar-refractivity contribution in [2.24, 2.45) is 0 Å². The lowest BCUT2D eigenvalue weighted by atomic mass is 10.3. The zero-order chi connectivity index (χ0) is 18.2. The normalized spacial score (nSPS) is 14.8. The van der Waals surface area contributed by atoms with Crippen molar-refractivity contribution in [3.8, 4) is 10.8 Å². The van der Waals surface area contributed by atoms with Crippen LogP contribution < -0.4 is 4.90 Å². The third-order valence-corrected chi connectivity index (χ3v) is 6.46. The highest BCUT2D eigenvalue weighted by Crippen LogP contribution is 2.31. The van der Waals surface area contributed by atoms with E-state index >= 15 is 0 Å². The first-order valence-electron chi connectivity index (χ1n) is 8.67. The number of fused-ring (bicyclic) bond motifs is 1. The molecule has 3 aromatic heterocycles. The molecule has 4 heterocycles. The minimum Gasteiger partial charge on any atom is -0.448 e. The summed E-state index contributed by atoms with van der Waals surface area (Å²) in [6.07, 6.45) is 1.81. The number of thiazole rings is 2. The zero-order valence-electron chi connectivity index (χ0n) is 14.4. The van der Waals surface area contributed by atoms with Gasteiger partial charge in [-0.2, -0.15) is 0 Å². The molecule has 0 spiro atoms. The van der Waals surface area contributed by atoms with Crippen LogP contribution in [-0.4, -0.2) is 47.0 Å². The van der Waals surface area contributed by atoms with Crippen LogP contribution in [-0.2, 0) is 0 Å². The summed E-state index contributed by atoms with van der Waals surface area (Å²) in [5, 5.41) is 3.78. The number of nitrogens with zero attached hydrogens (tertiary/aromatic N) is 4. The van der Waals surface area contributed by atoms with E-state index in [0.29, 0.717) is 24.6 Å². The molecule has 8 heteroatoms. The van der Waals surface area contributed by atoms with Crippen molar-refractivity contribution in [2.75, 3.05) is 31.1 Å². The second-order valence-electron chi connectivity index (χ2n) is 6.24. The Morgan fingerprint density at radius 1 is 1.07 bits per heavy atom.